The molecule has 0 amide bonds. The number of benzene rings is 2. The van der Waals surface area contributed by atoms with Gasteiger partial charge in [0.25, 0.3) is 0 Å². The zero-order valence-electron chi connectivity index (χ0n) is 15.7. The summed E-state index contributed by atoms with van der Waals surface area (Å²) in [6, 6.07) is 13.8. The number of fused-ring (bicyclic) bond motifs is 2. The molecule has 0 radical (unpaired) electrons. The quantitative estimate of drug-likeness (QED) is 0.675. The van der Waals surface area contributed by atoms with Crippen LogP contribution in [0.2, 0.25) is 0 Å². The molecular formula is C21H23N3O4. The van der Waals surface area contributed by atoms with E-state index in [4.69, 9.17) is 13.9 Å². The van der Waals surface area contributed by atoms with Crippen molar-refractivity contribution in [1.29, 1.82) is 0 Å². The van der Waals surface area contributed by atoms with Crippen molar-refractivity contribution in [2.75, 3.05) is 39.5 Å². The predicted molar refractivity (Wildman–Crippen MR) is 105 cm³/mol. The fraction of sp³-hybridized carbons (Fsp3) is 0.381. The number of hydrogen-bond acceptors (Lipinski definition) is 6. The molecule has 1 saturated heterocycles. The van der Waals surface area contributed by atoms with Crippen LogP contribution >= 0.6 is 0 Å². The lowest BCUT2D eigenvalue weighted by atomic mass is 10.1. The molecule has 0 atom stereocenters. The zero-order chi connectivity index (χ0) is 18.9. The second-order valence-corrected chi connectivity index (χ2v) is 7.29. The van der Waals surface area contributed by atoms with Gasteiger partial charge in [-0.25, -0.2) is 4.79 Å². The second-order valence-electron chi connectivity index (χ2n) is 7.29. The number of piperazine rings is 1. The minimum absolute atomic E-state index is 0.275. The highest BCUT2D eigenvalue weighted by atomic mass is 16.7. The summed E-state index contributed by atoms with van der Waals surface area (Å²) in [7, 11) is 0. The zero-order valence-corrected chi connectivity index (χ0v) is 15.7. The van der Waals surface area contributed by atoms with Crippen molar-refractivity contribution >= 4 is 11.1 Å². The van der Waals surface area contributed by atoms with Gasteiger partial charge in [-0.2, -0.15) is 0 Å². The van der Waals surface area contributed by atoms with E-state index in [1.807, 2.05) is 30.3 Å². The lowest BCUT2D eigenvalue weighted by molar-refractivity contribution is 0.123. The molecule has 3 aromatic rings. The van der Waals surface area contributed by atoms with E-state index in [1.54, 1.807) is 4.57 Å². The molecule has 0 N–H and O–H groups in total. The lowest BCUT2D eigenvalue weighted by Gasteiger charge is -2.34. The van der Waals surface area contributed by atoms with Crippen molar-refractivity contribution in [1.82, 2.24) is 14.4 Å². The van der Waals surface area contributed by atoms with Crippen LogP contribution in [0.25, 0.3) is 11.1 Å². The summed E-state index contributed by atoms with van der Waals surface area (Å²) in [6.07, 6.45) is 0. The summed E-state index contributed by atoms with van der Waals surface area (Å²) >= 11 is 0. The Labute approximate surface area is 162 Å². The fourth-order valence-electron chi connectivity index (χ4n) is 3.94. The van der Waals surface area contributed by atoms with Crippen molar-refractivity contribution in [3.8, 4) is 11.5 Å². The van der Waals surface area contributed by atoms with Crippen LogP contribution in [0, 0.1) is 0 Å². The third-order valence-corrected chi connectivity index (χ3v) is 5.52. The number of oxazole rings is 1. The van der Waals surface area contributed by atoms with Crippen molar-refractivity contribution in [3.05, 3.63) is 58.6 Å². The van der Waals surface area contributed by atoms with Crippen molar-refractivity contribution in [2.24, 2.45) is 0 Å². The Kier molecular flexibility index (Phi) is 4.54. The van der Waals surface area contributed by atoms with Gasteiger partial charge in [-0.3, -0.25) is 14.4 Å². The van der Waals surface area contributed by atoms with E-state index in [2.05, 4.69) is 21.9 Å². The molecule has 1 fully saturated rings. The summed E-state index contributed by atoms with van der Waals surface area (Å²) < 4.78 is 17.9. The molecule has 0 saturated carbocycles. The molecule has 2 aliphatic rings. The van der Waals surface area contributed by atoms with Gasteiger partial charge in [0.2, 0.25) is 6.79 Å². The molecule has 28 heavy (non-hydrogen) atoms. The van der Waals surface area contributed by atoms with Gasteiger partial charge in [-0.1, -0.05) is 18.2 Å². The summed E-state index contributed by atoms with van der Waals surface area (Å²) in [5.41, 5.74) is 2.77. The number of rotatable bonds is 5. The molecule has 1 aromatic heterocycles. The first-order valence-electron chi connectivity index (χ1n) is 9.68. The van der Waals surface area contributed by atoms with E-state index in [9.17, 15) is 4.79 Å². The largest absolute Gasteiger partial charge is 0.454 e. The molecule has 5 rings (SSSR count). The Morgan fingerprint density at radius 2 is 1.64 bits per heavy atom. The van der Waals surface area contributed by atoms with E-state index >= 15 is 0 Å². The maximum atomic E-state index is 12.1. The Hall–Kier alpha value is -2.77. The van der Waals surface area contributed by atoms with Gasteiger partial charge >= 0.3 is 5.76 Å². The molecule has 7 nitrogen and oxygen atoms in total. The van der Waals surface area contributed by atoms with Gasteiger partial charge in [0.15, 0.2) is 17.1 Å². The molecule has 2 aliphatic heterocycles. The summed E-state index contributed by atoms with van der Waals surface area (Å²) in [4.78, 5) is 17.0. The van der Waals surface area contributed by atoms with Gasteiger partial charge in [0.05, 0.1) is 5.52 Å². The van der Waals surface area contributed by atoms with E-state index in [0.717, 1.165) is 56.3 Å². The van der Waals surface area contributed by atoms with Gasteiger partial charge in [-0.15, -0.1) is 0 Å². The second kappa shape index (κ2) is 7.33. The molecule has 7 heteroatoms. The Bertz CT molecular complexity index is 1030. The predicted octanol–water partition coefficient (Wildman–Crippen LogP) is 2.14. The lowest BCUT2D eigenvalue weighted by Crippen LogP contribution is -2.47. The monoisotopic (exact) mass is 381 g/mol. The SMILES string of the molecule is O=c1oc2ccccc2n1CCN1CCN(Cc2ccc3c(c2)OCO3)CC1. The minimum Gasteiger partial charge on any atom is -0.454 e. The van der Waals surface area contributed by atoms with E-state index in [1.165, 1.54) is 5.56 Å². The number of aromatic nitrogens is 1. The highest BCUT2D eigenvalue weighted by Crippen LogP contribution is 2.32. The number of hydrogen-bond donors (Lipinski definition) is 0. The summed E-state index contributed by atoms with van der Waals surface area (Å²) in [5, 5.41) is 0. The van der Waals surface area contributed by atoms with Gasteiger partial charge < -0.3 is 13.9 Å². The van der Waals surface area contributed by atoms with E-state index < -0.39 is 0 Å². The van der Waals surface area contributed by atoms with Crippen LogP contribution in [0.1, 0.15) is 5.56 Å². The Morgan fingerprint density at radius 3 is 2.54 bits per heavy atom. The van der Waals surface area contributed by atoms with Crippen LogP contribution in [-0.4, -0.2) is 53.9 Å². The standard InChI is InChI=1S/C21H23N3O4/c25-21-24(17-3-1-2-4-18(17)28-21)12-11-22-7-9-23(10-8-22)14-16-5-6-19-20(13-16)27-15-26-19/h1-6,13H,7-12,14-15H2. The molecule has 0 bridgehead atoms. The normalized spacial score (nSPS) is 17.4. The van der Waals surface area contributed by atoms with Gasteiger partial charge in [-0.05, 0) is 29.8 Å². The van der Waals surface area contributed by atoms with Gasteiger partial charge in [0.1, 0.15) is 0 Å². The third kappa shape index (κ3) is 3.39. The van der Waals surface area contributed by atoms with Crippen molar-refractivity contribution in [3.63, 3.8) is 0 Å². The van der Waals surface area contributed by atoms with Crippen LogP contribution < -0.4 is 15.2 Å². The van der Waals surface area contributed by atoms with E-state index in [0.29, 0.717) is 18.9 Å². The third-order valence-electron chi connectivity index (χ3n) is 5.52. The molecule has 0 spiro atoms. The average Bonchev–Trinajstić information content (AvgIpc) is 3.30. The average molecular weight is 381 g/mol. The molecule has 3 heterocycles. The first kappa shape index (κ1) is 17.3. The maximum Gasteiger partial charge on any atom is 0.419 e. The Morgan fingerprint density at radius 1 is 0.857 bits per heavy atom. The number of ether oxygens (including phenoxy) is 2. The summed E-state index contributed by atoms with van der Waals surface area (Å²) in [5.74, 6) is 1.40. The van der Waals surface area contributed by atoms with Crippen LogP contribution in [0.15, 0.2) is 51.7 Å². The van der Waals surface area contributed by atoms with Crippen molar-refractivity contribution in [2.45, 2.75) is 13.1 Å². The molecule has 0 aliphatic carbocycles. The highest BCUT2D eigenvalue weighted by molar-refractivity contribution is 5.72. The molecule has 146 valence electrons. The topological polar surface area (TPSA) is 60.1 Å². The fourth-order valence-corrected chi connectivity index (χ4v) is 3.94. The molecule has 0 unspecified atom stereocenters. The Balaban J connectivity index is 1.15. The van der Waals surface area contributed by atoms with E-state index in [-0.39, 0.29) is 5.76 Å². The number of nitrogens with zero attached hydrogens (tertiary/aromatic N) is 3. The highest BCUT2D eigenvalue weighted by Gasteiger charge is 2.19. The maximum absolute atomic E-state index is 12.1. The first-order chi connectivity index (χ1) is 13.8. The van der Waals surface area contributed by atoms with Crippen LogP contribution in [0.4, 0.5) is 0 Å². The van der Waals surface area contributed by atoms with Crippen LogP contribution in [-0.2, 0) is 13.1 Å². The molecular weight excluding hydrogens is 358 g/mol. The number of para-hydroxylation sites is 2. The minimum atomic E-state index is -0.275. The van der Waals surface area contributed by atoms with Crippen LogP contribution in [0.3, 0.4) is 0 Å². The first-order valence-corrected chi connectivity index (χ1v) is 9.68. The smallest absolute Gasteiger partial charge is 0.419 e. The summed E-state index contributed by atoms with van der Waals surface area (Å²) in [6.45, 7) is 6.73. The van der Waals surface area contributed by atoms with Crippen LogP contribution in [0.5, 0.6) is 11.5 Å². The van der Waals surface area contributed by atoms with Crippen molar-refractivity contribution < 1.29 is 13.9 Å². The van der Waals surface area contributed by atoms with Gasteiger partial charge in [0, 0.05) is 45.8 Å². The molecule has 2 aromatic carbocycles.